The van der Waals surface area contributed by atoms with Gasteiger partial charge >= 0.3 is 0 Å². The molecule has 2 heterocycles. The summed E-state index contributed by atoms with van der Waals surface area (Å²) in [5.41, 5.74) is 6.65. The summed E-state index contributed by atoms with van der Waals surface area (Å²) in [6, 6.07) is 1.89. The maximum atomic E-state index is 5.89. The van der Waals surface area contributed by atoms with Crippen LogP contribution in [0.3, 0.4) is 0 Å². The smallest absolute Gasteiger partial charge is 0.224 e. The Morgan fingerprint density at radius 2 is 2.25 bits per heavy atom. The molecule has 6 heteroatoms. The van der Waals surface area contributed by atoms with E-state index in [1.807, 2.05) is 22.9 Å². The van der Waals surface area contributed by atoms with Gasteiger partial charge in [-0.15, -0.1) is 21.5 Å². The SMILES string of the molecule is CCNc1nnc(-c2sccc2N)n1CC. The first-order chi connectivity index (χ1) is 7.77. The predicted molar refractivity (Wildman–Crippen MR) is 67.6 cm³/mol. The maximum absolute atomic E-state index is 5.89. The molecular formula is C10H15N5S. The van der Waals surface area contributed by atoms with Crippen LogP contribution in [-0.2, 0) is 6.54 Å². The molecule has 0 radical (unpaired) electrons. The van der Waals surface area contributed by atoms with E-state index in [2.05, 4.69) is 22.4 Å². The van der Waals surface area contributed by atoms with E-state index in [0.717, 1.165) is 35.4 Å². The predicted octanol–water partition coefficient (Wildman–Crippen LogP) is 2.04. The van der Waals surface area contributed by atoms with Crippen LogP contribution in [0, 0.1) is 0 Å². The third kappa shape index (κ3) is 1.76. The zero-order chi connectivity index (χ0) is 11.5. The molecule has 3 N–H and O–H groups in total. The molecule has 2 rings (SSSR count). The topological polar surface area (TPSA) is 68.8 Å². The van der Waals surface area contributed by atoms with Crippen molar-refractivity contribution in [2.75, 3.05) is 17.6 Å². The van der Waals surface area contributed by atoms with Gasteiger partial charge in [0, 0.05) is 13.1 Å². The Morgan fingerprint density at radius 1 is 1.44 bits per heavy atom. The molecule has 0 atom stereocenters. The largest absolute Gasteiger partial charge is 0.397 e. The summed E-state index contributed by atoms with van der Waals surface area (Å²) >= 11 is 1.59. The highest BCUT2D eigenvalue weighted by molar-refractivity contribution is 7.14. The Kier molecular flexibility index (Phi) is 3.09. The van der Waals surface area contributed by atoms with Gasteiger partial charge in [-0.25, -0.2) is 0 Å². The van der Waals surface area contributed by atoms with Crippen molar-refractivity contribution < 1.29 is 0 Å². The first kappa shape index (κ1) is 10.9. The van der Waals surface area contributed by atoms with Crippen LogP contribution in [0.1, 0.15) is 13.8 Å². The van der Waals surface area contributed by atoms with Gasteiger partial charge in [0.1, 0.15) is 0 Å². The van der Waals surface area contributed by atoms with Crippen molar-refractivity contribution >= 4 is 23.0 Å². The number of aromatic nitrogens is 3. The standard InChI is InChI=1S/C10H15N5S/c1-3-12-10-14-13-9(15(10)4-2)8-7(11)5-6-16-8/h5-6H,3-4,11H2,1-2H3,(H,12,14). The summed E-state index contributed by atoms with van der Waals surface area (Å²) < 4.78 is 2.03. The Balaban J connectivity index is 2.46. The number of hydrogen-bond donors (Lipinski definition) is 2. The summed E-state index contributed by atoms with van der Waals surface area (Å²) in [5, 5.41) is 13.5. The van der Waals surface area contributed by atoms with Crippen molar-refractivity contribution in [2.24, 2.45) is 0 Å². The molecule has 0 saturated carbocycles. The second-order valence-corrected chi connectivity index (χ2v) is 4.24. The molecule has 0 aliphatic heterocycles. The lowest BCUT2D eigenvalue weighted by Crippen LogP contribution is -2.06. The molecular weight excluding hydrogens is 222 g/mol. The highest BCUT2D eigenvalue weighted by Crippen LogP contribution is 2.31. The van der Waals surface area contributed by atoms with Crippen LogP contribution < -0.4 is 11.1 Å². The second kappa shape index (κ2) is 4.52. The van der Waals surface area contributed by atoms with Crippen LogP contribution in [0.15, 0.2) is 11.4 Å². The van der Waals surface area contributed by atoms with Crippen LogP contribution in [0.4, 0.5) is 11.6 Å². The molecule has 0 aliphatic carbocycles. The van der Waals surface area contributed by atoms with Crippen molar-refractivity contribution in [2.45, 2.75) is 20.4 Å². The minimum Gasteiger partial charge on any atom is -0.397 e. The van der Waals surface area contributed by atoms with E-state index in [1.54, 1.807) is 11.3 Å². The number of nitrogen functional groups attached to an aromatic ring is 1. The second-order valence-electron chi connectivity index (χ2n) is 3.33. The summed E-state index contributed by atoms with van der Waals surface area (Å²) in [4.78, 5) is 0.985. The van der Waals surface area contributed by atoms with Crippen LogP contribution >= 0.6 is 11.3 Å². The minimum atomic E-state index is 0.759. The van der Waals surface area contributed by atoms with Crippen molar-refractivity contribution in [3.05, 3.63) is 11.4 Å². The first-order valence-corrected chi connectivity index (χ1v) is 6.16. The monoisotopic (exact) mass is 237 g/mol. The Morgan fingerprint density at radius 3 is 2.81 bits per heavy atom. The van der Waals surface area contributed by atoms with E-state index < -0.39 is 0 Å². The normalized spacial score (nSPS) is 10.6. The zero-order valence-corrected chi connectivity index (χ0v) is 10.2. The summed E-state index contributed by atoms with van der Waals surface area (Å²) in [6.07, 6.45) is 0. The highest BCUT2D eigenvalue weighted by atomic mass is 32.1. The lowest BCUT2D eigenvalue weighted by Gasteiger charge is -2.07. The van der Waals surface area contributed by atoms with Gasteiger partial charge in [-0.05, 0) is 25.3 Å². The summed E-state index contributed by atoms with van der Waals surface area (Å²) in [5.74, 6) is 1.64. The molecule has 86 valence electrons. The molecule has 0 spiro atoms. The fraction of sp³-hybridized carbons (Fsp3) is 0.400. The van der Waals surface area contributed by atoms with Gasteiger partial charge in [0.25, 0.3) is 0 Å². The quantitative estimate of drug-likeness (QED) is 0.853. The van der Waals surface area contributed by atoms with Gasteiger partial charge in [-0.3, -0.25) is 4.57 Å². The molecule has 0 aliphatic rings. The number of nitrogens with zero attached hydrogens (tertiary/aromatic N) is 3. The van der Waals surface area contributed by atoms with E-state index >= 15 is 0 Å². The molecule has 0 fully saturated rings. The number of thiophene rings is 1. The summed E-state index contributed by atoms with van der Waals surface area (Å²) in [7, 11) is 0. The number of hydrogen-bond acceptors (Lipinski definition) is 5. The van der Waals surface area contributed by atoms with Gasteiger partial charge in [-0.2, -0.15) is 0 Å². The molecule has 0 saturated heterocycles. The lowest BCUT2D eigenvalue weighted by atomic mass is 10.4. The minimum absolute atomic E-state index is 0.759. The number of rotatable bonds is 4. The van der Waals surface area contributed by atoms with Crippen LogP contribution in [0.25, 0.3) is 10.7 Å². The van der Waals surface area contributed by atoms with Crippen LogP contribution in [0.5, 0.6) is 0 Å². The first-order valence-electron chi connectivity index (χ1n) is 5.28. The molecule has 0 bridgehead atoms. The average molecular weight is 237 g/mol. The van der Waals surface area contributed by atoms with Crippen molar-refractivity contribution in [3.63, 3.8) is 0 Å². The van der Waals surface area contributed by atoms with E-state index in [9.17, 15) is 0 Å². The molecule has 2 aromatic heterocycles. The Bertz CT molecular complexity index is 473. The third-order valence-electron chi connectivity index (χ3n) is 2.30. The van der Waals surface area contributed by atoms with Gasteiger partial charge in [0.15, 0.2) is 5.82 Å². The van der Waals surface area contributed by atoms with Crippen molar-refractivity contribution in [3.8, 4) is 10.7 Å². The Hall–Kier alpha value is -1.56. The Labute approximate surface area is 98.3 Å². The van der Waals surface area contributed by atoms with E-state index in [-0.39, 0.29) is 0 Å². The van der Waals surface area contributed by atoms with Gasteiger partial charge < -0.3 is 11.1 Å². The molecule has 0 unspecified atom stereocenters. The highest BCUT2D eigenvalue weighted by Gasteiger charge is 2.14. The third-order valence-corrected chi connectivity index (χ3v) is 3.23. The van der Waals surface area contributed by atoms with Crippen molar-refractivity contribution in [1.82, 2.24) is 14.8 Å². The molecule has 0 amide bonds. The van der Waals surface area contributed by atoms with Crippen LogP contribution in [0.2, 0.25) is 0 Å². The number of nitrogens with one attached hydrogen (secondary N) is 1. The summed E-state index contributed by atoms with van der Waals surface area (Å²) in [6.45, 7) is 5.76. The van der Waals surface area contributed by atoms with E-state index in [0.29, 0.717) is 0 Å². The molecule has 2 aromatic rings. The van der Waals surface area contributed by atoms with E-state index in [4.69, 9.17) is 5.73 Å². The zero-order valence-electron chi connectivity index (χ0n) is 9.40. The number of anilines is 2. The van der Waals surface area contributed by atoms with Crippen molar-refractivity contribution in [1.29, 1.82) is 0 Å². The molecule has 16 heavy (non-hydrogen) atoms. The lowest BCUT2D eigenvalue weighted by molar-refractivity contribution is 0.772. The van der Waals surface area contributed by atoms with Crippen LogP contribution in [-0.4, -0.2) is 21.3 Å². The van der Waals surface area contributed by atoms with E-state index in [1.165, 1.54) is 0 Å². The fourth-order valence-corrected chi connectivity index (χ4v) is 2.37. The van der Waals surface area contributed by atoms with Gasteiger partial charge in [0.2, 0.25) is 5.95 Å². The van der Waals surface area contributed by atoms with Gasteiger partial charge in [0.05, 0.1) is 10.6 Å². The fourth-order valence-electron chi connectivity index (χ4n) is 1.56. The average Bonchev–Trinajstić information content (AvgIpc) is 2.84. The number of nitrogens with two attached hydrogens (primary N) is 1. The molecule has 5 nitrogen and oxygen atoms in total. The van der Waals surface area contributed by atoms with Gasteiger partial charge in [-0.1, -0.05) is 0 Å². The molecule has 0 aromatic carbocycles. The maximum Gasteiger partial charge on any atom is 0.224 e.